The summed E-state index contributed by atoms with van der Waals surface area (Å²) in [5, 5.41) is 8.95. The van der Waals surface area contributed by atoms with Crippen LogP contribution in [0.1, 0.15) is 110 Å². The highest BCUT2D eigenvalue weighted by atomic mass is 32.1. The predicted octanol–water partition coefficient (Wildman–Crippen LogP) is 6.08. The Kier molecular flexibility index (Phi) is 19.9. The Morgan fingerprint density at radius 1 is 0.800 bits per heavy atom. The van der Waals surface area contributed by atoms with Crippen LogP contribution in [-0.4, -0.2) is 29.5 Å². The number of aliphatic hydroxyl groups excluding tert-OH is 1. The first-order valence-corrected chi connectivity index (χ1v) is 11.3. The van der Waals surface area contributed by atoms with E-state index in [1.165, 1.54) is 83.5 Å². The highest BCUT2D eigenvalue weighted by Crippen LogP contribution is 2.14. The van der Waals surface area contributed by atoms with Gasteiger partial charge < -0.3 is 9.84 Å². The number of aliphatic hydroxyl groups is 1. The van der Waals surface area contributed by atoms with E-state index in [0.29, 0.717) is 12.2 Å². The third kappa shape index (κ3) is 18.4. The quantitative estimate of drug-likeness (QED) is 0.164. The first-order chi connectivity index (χ1) is 12.2. The number of ether oxygens (including phenoxy) is 1. The van der Waals surface area contributed by atoms with Gasteiger partial charge in [-0.1, -0.05) is 96.8 Å². The van der Waals surface area contributed by atoms with E-state index >= 15 is 0 Å². The summed E-state index contributed by atoms with van der Waals surface area (Å²) < 4.78 is 5.10. The summed E-state index contributed by atoms with van der Waals surface area (Å²) in [6, 6.07) is 0. The average Bonchev–Trinajstić information content (AvgIpc) is 2.62. The average molecular weight is 375 g/mol. The number of carbonyl (C=O) groups excluding carboxylic acids is 1. The molecule has 0 aliphatic carbocycles. The molecule has 3 nitrogen and oxygen atoms in total. The van der Waals surface area contributed by atoms with Crippen molar-refractivity contribution in [3.63, 3.8) is 0 Å². The van der Waals surface area contributed by atoms with Gasteiger partial charge in [-0.2, -0.15) is 12.6 Å². The minimum atomic E-state index is -0.452. The molecule has 0 aliphatic rings. The van der Waals surface area contributed by atoms with E-state index in [9.17, 15) is 4.79 Å². The van der Waals surface area contributed by atoms with Crippen LogP contribution < -0.4 is 0 Å². The number of hydrogen-bond donors (Lipinski definition) is 2. The Labute approximate surface area is 161 Å². The number of thiol groups is 1. The van der Waals surface area contributed by atoms with Gasteiger partial charge >= 0.3 is 5.97 Å². The van der Waals surface area contributed by atoms with Crippen molar-refractivity contribution >= 4 is 18.6 Å². The van der Waals surface area contributed by atoms with Gasteiger partial charge in [-0.15, -0.1) is 0 Å². The summed E-state index contributed by atoms with van der Waals surface area (Å²) in [5.41, 5.74) is 0. The molecule has 0 spiro atoms. The van der Waals surface area contributed by atoms with Gasteiger partial charge in [0.25, 0.3) is 0 Å². The molecule has 0 saturated heterocycles. The summed E-state index contributed by atoms with van der Waals surface area (Å²) in [6.07, 6.45) is 19.8. The molecular formula is C21H42O3S. The fourth-order valence-electron chi connectivity index (χ4n) is 3.02. The molecule has 150 valence electrons. The molecule has 0 saturated carbocycles. The number of esters is 1. The van der Waals surface area contributed by atoms with Crippen molar-refractivity contribution in [1.82, 2.24) is 0 Å². The first kappa shape index (κ1) is 24.8. The van der Waals surface area contributed by atoms with Crippen LogP contribution in [0.2, 0.25) is 0 Å². The summed E-state index contributed by atoms with van der Waals surface area (Å²) >= 11 is 4.03. The number of rotatable bonds is 19. The molecule has 25 heavy (non-hydrogen) atoms. The Hall–Kier alpha value is -0.220. The zero-order valence-corrected chi connectivity index (χ0v) is 17.4. The maximum atomic E-state index is 11.5. The molecule has 1 atom stereocenters. The van der Waals surface area contributed by atoms with Crippen LogP contribution in [0.3, 0.4) is 0 Å². The second kappa shape index (κ2) is 20.1. The highest BCUT2D eigenvalue weighted by molar-refractivity contribution is 7.80. The molecule has 0 radical (unpaired) electrons. The van der Waals surface area contributed by atoms with Crippen molar-refractivity contribution in [2.24, 2.45) is 0 Å². The van der Waals surface area contributed by atoms with Crippen molar-refractivity contribution in [2.45, 2.75) is 116 Å². The van der Waals surface area contributed by atoms with E-state index in [4.69, 9.17) is 9.84 Å². The highest BCUT2D eigenvalue weighted by Gasteiger charge is 2.10. The van der Waals surface area contributed by atoms with Crippen LogP contribution in [0.4, 0.5) is 0 Å². The number of carbonyl (C=O) groups is 1. The van der Waals surface area contributed by atoms with Crippen LogP contribution in [0, 0.1) is 0 Å². The topological polar surface area (TPSA) is 46.5 Å². The first-order valence-electron chi connectivity index (χ1n) is 10.7. The lowest BCUT2D eigenvalue weighted by Crippen LogP contribution is -2.23. The lowest BCUT2D eigenvalue weighted by Gasteiger charge is -2.12. The number of hydrogen-bond acceptors (Lipinski definition) is 4. The zero-order chi connectivity index (χ0) is 18.6. The second-order valence-electron chi connectivity index (χ2n) is 7.18. The molecule has 0 rings (SSSR count). The van der Waals surface area contributed by atoms with Gasteiger partial charge in [0.05, 0.1) is 6.61 Å². The molecular weight excluding hydrogens is 332 g/mol. The monoisotopic (exact) mass is 374 g/mol. The van der Waals surface area contributed by atoms with E-state index in [1.54, 1.807) is 0 Å². The minimum Gasteiger partial charge on any atom is -0.459 e. The van der Waals surface area contributed by atoms with Gasteiger partial charge in [-0.3, -0.25) is 4.79 Å². The van der Waals surface area contributed by atoms with Crippen LogP contribution >= 0.6 is 12.6 Å². The van der Waals surface area contributed by atoms with Crippen molar-refractivity contribution in [1.29, 1.82) is 0 Å². The smallest absolute Gasteiger partial charge is 0.306 e. The van der Waals surface area contributed by atoms with E-state index in [2.05, 4.69) is 19.6 Å². The van der Waals surface area contributed by atoms with Crippen LogP contribution in [-0.2, 0) is 9.53 Å². The van der Waals surface area contributed by atoms with Crippen molar-refractivity contribution in [2.75, 3.05) is 12.4 Å². The van der Waals surface area contributed by atoms with Crippen LogP contribution in [0.5, 0.6) is 0 Å². The summed E-state index contributed by atoms with van der Waals surface area (Å²) in [7, 11) is 0. The minimum absolute atomic E-state index is 0.145. The molecule has 4 heteroatoms. The summed E-state index contributed by atoms with van der Waals surface area (Å²) in [5.74, 6) is 0.170. The summed E-state index contributed by atoms with van der Waals surface area (Å²) in [4.78, 5) is 11.5. The van der Waals surface area contributed by atoms with Crippen molar-refractivity contribution in [3.05, 3.63) is 0 Å². The Balaban J connectivity index is 3.17. The second-order valence-corrected chi connectivity index (χ2v) is 7.54. The molecule has 0 aromatic heterocycles. The fourth-order valence-corrected chi connectivity index (χ4v) is 3.21. The Morgan fingerprint density at radius 2 is 1.20 bits per heavy atom. The van der Waals surface area contributed by atoms with Gasteiger partial charge in [-0.25, -0.2) is 0 Å². The molecule has 0 aromatic rings. The van der Waals surface area contributed by atoms with E-state index in [0.717, 1.165) is 12.8 Å². The third-order valence-corrected chi connectivity index (χ3v) is 5.10. The molecule has 0 aliphatic heterocycles. The van der Waals surface area contributed by atoms with Gasteiger partial charge in [-0.05, 0) is 6.42 Å². The molecule has 1 unspecified atom stereocenters. The Bertz CT molecular complexity index is 280. The maximum Gasteiger partial charge on any atom is 0.306 e. The molecule has 0 aromatic carbocycles. The van der Waals surface area contributed by atoms with Gasteiger partial charge in [0.15, 0.2) is 0 Å². The predicted molar refractivity (Wildman–Crippen MR) is 110 cm³/mol. The van der Waals surface area contributed by atoms with E-state index in [-0.39, 0.29) is 12.6 Å². The van der Waals surface area contributed by atoms with Gasteiger partial charge in [0.1, 0.15) is 6.10 Å². The van der Waals surface area contributed by atoms with E-state index in [1.807, 2.05) is 0 Å². The SMILES string of the molecule is CCCCCCCCCCCCCCCCCC(=O)OC(CO)CS. The lowest BCUT2D eigenvalue weighted by atomic mass is 10.0. The fraction of sp³-hybridized carbons (Fsp3) is 0.952. The van der Waals surface area contributed by atoms with Crippen LogP contribution in [0.25, 0.3) is 0 Å². The summed E-state index contributed by atoms with van der Waals surface area (Å²) in [6.45, 7) is 2.13. The standard InChI is InChI=1S/C21H42O3S/c1-2-3-4-5-6-7-8-9-10-11-12-13-14-15-16-17-21(23)24-20(18-22)19-25/h20,22,25H,2-19H2,1H3. The largest absolute Gasteiger partial charge is 0.459 e. The maximum absolute atomic E-state index is 11.5. The zero-order valence-electron chi connectivity index (χ0n) is 16.5. The van der Waals surface area contributed by atoms with Crippen LogP contribution in [0.15, 0.2) is 0 Å². The van der Waals surface area contributed by atoms with Gasteiger partial charge in [0, 0.05) is 12.2 Å². The molecule has 0 fully saturated rings. The molecule has 0 bridgehead atoms. The molecule has 0 heterocycles. The van der Waals surface area contributed by atoms with E-state index < -0.39 is 6.10 Å². The normalized spacial score (nSPS) is 12.3. The van der Waals surface area contributed by atoms with Crippen molar-refractivity contribution < 1.29 is 14.6 Å². The lowest BCUT2D eigenvalue weighted by molar-refractivity contribution is -0.149. The molecule has 1 N–H and O–H groups in total. The Morgan fingerprint density at radius 3 is 1.56 bits per heavy atom. The molecule has 0 amide bonds. The van der Waals surface area contributed by atoms with Gasteiger partial charge in [0.2, 0.25) is 0 Å². The third-order valence-electron chi connectivity index (χ3n) is 4.69. The van der Waals surface area contributed by atoms with Crippen molar-refractivity contribution in [3.8, 4) is 0 Å². The number of unbranched alkanes of at least 4 members (excludes halogenated alkanes) is 14.